The van der Waals surface area contributed by atoms with Gasteiger partial charge in [0.25, 0.3) is 5.91 Å². The second-order valence-corrected chi connectivity index (χ2v) is 6.56. The normalized spacial score (nSPS) is 11.7. The van der Waals surface area contributed by atoms with Crippen LogP contribution < -0.4 is 0 Å². The van der Waals surface area contributed by atoms with E-state index in [0.717, 1.165) is 4.90 Å². The van der Waals surface area contributed by atoms with E-state index in [0.29, 0.717) is 10.6 Å². The van der Waals surface area contributed by atoms with Crippen molar-refractivity contribution in [2.75, 3.05) is 20.4 Å². The van der Waals surface area contributed by atoms with Crippen molar-refractivity contribution < 1.29 is 14.3 Å². The predicted octanol–water partition coefficient (Wildman–Crippen LogP) is 4.05. The molecule has 2 aromatic rings. The lowest BCUT2D eigenvalue weighted by Gasteiger charge is -2.21. The van der Waals surface area contributed by atoms with Crippen LogP contribution in [0.5, 0.6) is 0 Å². The number of carbonyl (C=O) groups is 2. The summed E-state index contributed by atoms with van der Waals surface area (Å²) < 4.78 is 5.50. The molecule has 0 aliphatic heterocycles. The maximum absolute atomic E-state index is 12.6. The van der Waals surface area contributed by atoms with E-state index in [1.54, 1.807) is 50.5 Å². The van der Waals surface area contributed by atoms with Crippen LogP contribution in [0.1, 0.15) is 22.0 Å². The van der Waals surface area contributed by atoms with Crippen molar-refractivity contribution in [3.05, 3.63) is 64.7 Å². The average molecular weight is 364 g/mol. The Morgan fingerprint density at radius 1 is 1.12 bits per heavy atom. The first-order valence-electron chi connectivity index (χ1n) is 7.24. The van der Waals surface area contributed by atoms with Crippen LogP contribution in [0.2, 0.25) is 5.02 Å². The topological polar surface area (TPSA) is 46.6 Å². The number of thioether (sulfide) groups is 1. The third kappa shape index (κ3) is 4.30. The van der Waals surface area contributed by atoms with E-state index in [2.05, 4.69) is 0 Å². The highest BCUT2D eigenvalue weighted by Gasteiger charge is 2.27. The standard InChI is InChI=1S/C18H18ClNO3S/c1-20(2)17(21)16(12-7-5-4-6-8-12)23-18(22)14-11-13(24-3)9-10-15(14)19/h4-11,16H,1-3H3/t16-/m0/s1. The van der Waals surface area contributed by atoms with Crippen LogP contribution in [0.4, 0.5) is 0 Å². The molecule has 0 aliphatic rings. The molecular formula is C18H18ClNO3S. The number of hydrogen-bond donors (Lipinski definition) is 0. The lowest BCUT2D eigenvalue weighted by atomic mass is 10.1. The number of benzene rings is 2. The molecule has 0 fully saturated rings. The zero-order valence-electron chi connectivity index (χ0n) is 13.7. The monoisotopic (exact) mass is 363 g/mol. The van der Waals surface area contributed by atoms with Crippen LogP contribution in [0.15, 0.2) is 53.4 Å². The average Bonchev–Trinajstić information content (AvgIpc) is 2.60. The minimum absolute atomic E-state index is 0.246. The summed E-state index contributed by atoms with van der Waals surface area (Å²) >= 11 is 7.61. The minimum Gasteiger partial charge on any atom is -0.444 e. The number of esters is 1. The fourth-order valence-corrected chi connectivity index (χ4v) is 2.72. The molecule has 0 saturated heterocycles. The van der Waals surface area contributed by atoms with Crippen LogP contribution in [0, 0.1) is 0 Å². The van der Waals surface area contributed by atoms with Gasteiger partial charge in [-0.1, -0.05) is 41.9 Å². The van der Waals surface area contributed by atoms with Gasteiger partial charge in [0, 0.05) is 24.6 Å². The van der Waals surface area contributed by atoms with E-state index in [9.17, 15) is 9.59 Å². The highest BCUT2D eigenvalue weighted by molar-refractivity contribution is 7.98. The predicted molar refractivity (Wildman–Crippen MR) is 96.5 cm³/mol. The van der Waals surface area contributed by atoms with E-state index in [1.807, 2.05) is 18.4 Å². The van der Waals surface area contributed by atoms with Gasteiger partial charge in [-0.15, -0.1) is 11.8 Å². The van der Waals surface area contributed by atoms with Crippen molar-refractivity contribution in [3.63, 3.8) is 0 Å². The minimum atomic E-state index is -1.01. The summed E-state index contributed by atoms with van der Waals surface area (Å²) in [5, 5.41) is 0.293. The number of nitrogens with zero attached hydrogens (tertiary/aromatic N) is 1. The first-order valence-corrected chi connectivity index (χ1v) is 8.85. The van der Waals surface area contributed by atoms with Crippen LogP contribution in [0.3, 0.4) is 0 Å². The number of hydrogen-bond acceptors (Lipinski definition) is 4. The molecule has 0 aromatic heterocycles. The molecular weight excluding hydrogens is 346 g/mol. The van der Waals surface area contributed by atoms with Gasteiger partial charge in [-0.2, -0.15) is 0 Å². The number of ether oxygens (including phenoxy) is 1. The Balaban J connectivity index is 2.33. The molecule has 0 N–H and O–H groups in total. The highest BCUT2D eigenvalue weighted by atomic mass is 35.5. The Morgan fingerprint density at radius 2 is 1.79 bits per heavy atom. The van der Waals surface area contributed by atoms with E-state index < -0.39 is 12.1 Å². The summed E-state index contributed by atoms with van der Waals surface area (Å²) in [5.41, 5.74) is 0.859. The largest absolute Gasteiger partial charge is 0.444 e. The van der Waals surface area contributed by atoms with Crippen molar-refractivity contribution in [3.8, 4) is 0 Å². The quantitative estimate of drug-likeness (QED) is 0.594. The SMILES string of the molecule is CSc1ccc(Cl)c(C(=O)O[C@H](C(=O)N(C)C)c2ccccc2)c1. The summed E-state index contributed by atoms with van der Waals surface area (Å²) in [6, 6.07) is 14.1. The molecule has 0 aliphatic carbocycles. The van der Waals surface area contributed by atoms with Crippen molar-refractivity contribution in [2.45, 2.75) is 11.0 Å². The van der Waals surface area contributed by atoms with Gasteiger partial charge in [0.2, 0.25) is 6.10 Å². The lowest BCUT2D eigenvalue weighted by molar-refractivity contribution is -0.138. The van der Waals surface area contributed by atoms with Gasteiger partial charge in [-0.25, -0.2) is 4.79 Å². The van der Waals surface area contributed by atoms with E-state index >= 15 is 0 Å². The van der Waals surface area contributed by atoms with Gasteiger partial charge in [0.1, 0.15) is 0 Å². The first-order chi connectivity index (χ1) is 11.4. The number of carbonyl (C=O) groups excluding carboxylic acids is 2. The summed E-state index contributed by atoms with van der Waals surface area (Å²) in [6.07, 6.45) is 0.892. The third-order valence-electron chi connectivity index (χ3n) is 3.39. The summed E-state index contributed by atoms with van der Waals surface area (Å²) in [7, 11) is 3.24. The maximum atomic E-state index is 12.6. The molecule has 126 valence electrons. The van der Waals surface area contributed by atoms with Gasteiger partial charge < -0.3 is 9.64 Å². The summed E-state index contributed by atoms with van der Waals surface area (Å²) in [4.78, 5) is 27.3. The Bertz CT molecular complexity index is 734. The Hall–Kier alpha value is -1.98. The molecule has 0 bridgehead atoms. The Morgan fingerprint density at radius 3 is 2.38 bits per heavy atom. The summed E-state index contributed by atoms with van der Waals surface area (Å²) in [5.74, 6) is -0.938. The van der Waals surface area contributed by atoms with Crippen LogP contribution in [-0.2, 0) is 9.53 Å². The molecule has 24 heavy (non-hydrogen) atoms. The smallest absolute Gasteiger partial charge is 0.340 e. The van der Waals surface area contributed by atoms with Crippen molar-refractivity contribution in [1.29, 1.82) is 0 Å². The molecule has 2 rings (SSSR count). The zero-order chi connectivity index (χ0) is 17.7. The second kappa shape index (κ2) is 8.22. The maximum Gasteiger partial charge on any atom is 0.340 e. The molecule has 0 unspecified atom stereocenters. The van der Waals surface area contributed by atoms with Gasteiger partial charge in [-0.05, 0) is 24.5 Å². The van der Waals surface area contributed by atoms with Crippen LogP contribution in [-0.4, -0.2) is 37.1 Å². The van der Waals surface area contributed by atoms with E-state index in [1.165, 1.54) is 16.7 Å². The molecule has 0 heterocycles. The molecule has 0 spiro atoms. The van der Waals surface area contributed by atoms with Gasteiger partial charge in [0.05, 0.1) is 10.6 Å². The number of halogens is 1. The molecule has 6 heteroatoms. The zero-order valence-corrected chi connectivity index (χ0v) is 15.2. The van der Waals surface area contributed by atoms with E-state index in [4.69, 9.17) is 16.3 Å². The number of amides is 1. The molecule has 2 aromatic carbocycles. The van der Waals surface area contributed by atoms with E-state index in [-0.39, 0.29) is 11.5 Å². The second-order valence-electron chi connectivity index (χ2n) is 5.27. The van der Waals surface area contributed by atoms with Crippen molar-refractivity contribution >= 4 is 35.2 Å². The first kappa shape index (κ1) is 18.4. The summed E-state index contributed by atoms with van der Waals surface area (Å²) in [6.45, 7) is 0. The molecule has 0 radical (unpaired) electrons. The Labute approximate surface area is 150 Å². The van der Waals surface area contributed by atoms with Gasteiger partial charge in [0.15, 0.2) is 0 Å². The van der Waals surface area contributed by atoms with Crippen molar-refractivity contribution in [2.24, 2.45) is 0 Å². The fourth-order valence-electron chi connectivity index (χ4n) is 2.08. The lowest BCUT2D eigenvalue weighted by Crippen LogP contribution is -2.31. The van der Waals surface area contributed by atoms with Crippen LogP contribution in [0.25, 0.3) is 0 Å². The molecule has 1 amide bonds. The van der Waals surface area contributed by atoms with Gasteiger partial charge in [-0.3, -0.25) is 4.79 Å². The molecule has 4 nitrogen and oxygen atoms in total. The molecule has 0 saturated carbocycles. The van der Waals surface area contributed by atoms with Crippen LogP contribution >= 0.6 is 23.4 Å². The third-order valence-corrected chi connectivity index (χ3v) is 4.44. The van der Waals surface area contributed by atoms with Gasteiger partial charge >= 0.3 is 5.97 Å². The van der Waals surface area contributed by atoms with Crippen molar-refractivity contribution in [1.82, 2.24) is 4.90 Å². The highest BCUT2D eigenvalue weighted by Crippen LogP contribution is 2.27. The number of rotatable bonds is 5. The Kier molecular flexibility index (Phi) is 6.29. The number of likely N-dealkylation sites (N-methyl/N-ethyl adjacent to an activating group) is 1. The molecule has 1 atom stereocenters. The fraction of sp³-hybridized carbons (Fsp3) is 0.222.